The maximum atomic E-state index is 9.33. The molecule has 1 aromatic carbocycles. The van der Waals surface area contributed by atoms with Crippen molar-refractivity contribution in [1.82, 2.24) is 14.8 Å². The van der Waals surface area contributed by atoms with Crippen molar-refractivity contribution in [2.75, 3.05) is 0 Å². The zero-order chi connectivity index (χ0) is 12.5. The summed E-state index contributed by atoms with van der Waals surface area (Å²) in [6.07, 6.45) is 5.26. The van der Waals surface area contributed by atoms with Gasteiger partial charge in [-0.2, -0.15) is 5.10 Å². The van der Waals surface area contributed by atoms with Crippen LogP contribution in [0, 0.1) is 0 Å². The van der Waals surface area contributed by atoms with E-state index in [0.717, 1.165) is 26.6 Å². The highest BCUT2D eigenvalue weighted by Gasteiger charge is 2.09. The summed E-state index contributed by atoms with van der Waals surface area (Å²) < 4.78 is 2.62. The molecular weight excluding hydrogens is 294 g/mol. The van der Waals surface area contributed by atoms with Gasteiger partial charge in [-0.3, -0.25) is 0 Å². The highest BCUT2D eigenvalue weighted by molar-refractivity contribution is 9.10. The molecule has 0 radical (unpaired) electrons. The van der Waals surface area contributed by atoms with Crippen LogP contribution in [0.4, 0.5) is 0 Å². The standard InChI is InChI=1S/C13H10BrN3O/c14-10-6-16-17(7-10)13-12-4-2-1-3-11(12)9(8-18)5-15-13/h1-7,18H,8H2. The fourth-order valence-electron chi connectivity index (χ4n) is 1.96. The highest BCUT2D eigenvalue weighted by atomic mass is 79.9. The predicted octanol–water partition coefficient (Wildman–Crippen LogP) is 2.68. The molecule has 18 heavy (non-hydrogen) atoms. The van der Waals surface area contributed by atoms with E-state index in [9.17, 15) is 5.11 Å². The second kappa shape index (κ2) is 4.51. The molecule has 4 nitrogen and oxygen atoms in total. The molecule has 0 unspecified atom stereocenters. The van der Waals surface area contributed by atoms with Crippen LogP contribution in [0.25, 0.3) is 16.6 Å². The number of benzene rings is 1. The fraction of sp³-hybridized carbons (Fsp3) is 0.0769. The molecule has 2 aromatic heterocycles. The maximum absolute atomic E-state index is 9.33. The van der Waals surface area contributed by atoms with E-state index in [-0.39, 0.29) is 6.61 Å². The Labute approximate surface area is 112 Å². The Hall–Kier alpha value is -1.72. The Morgan fingerprint density at radius 3 is 2.61 bits per heavy atom. The molecule has 0 bridgehead atoms. The van der Waals surface area contributed by atoms with E-state index < -0.39 is 0 Å². The van der Waals surface area contributed by atoms with Crippen molar-refractivity contribution in [3.05, 3.63) is 52.9 Å². The molecule has 0 atom stereocenters. The molecule has 0 aliphatic heterocycles. The van der Waals surface area contributed by atoms with Gasteiger partial charge in [0.2, 0.25) is 0 Å². The Kier molecular flexibility index (Phi) is 2.85. The molecular formula is C13H10BrN3O. The summed E-state index contributed by atoms with van der Waals surface area (Å²) in [5, 5.41) is 15.5. The van der Waals surface area contributed by atoms with E-state index >= 15 is 0 Å². The maximum Gasteiger partial charge on any atom is 0.161 e. The van der Waals surface area contributed by atoms with E-state index in [1.54, 1.807) is 17.1 Å². The van der Waals surface area contributed by atoms with Gasteiger partial charge in [-0.05, 0) is 21.3 Å². The summed E-state index contributed by atoms with van der Waals surface area (Å²) >= 11 is 3.37. The van der Waals surface area contributed by atoms with Gasteiger partial charge in [0.15, 0.2) is 5.82 Å². The molecule has 3 rings (SSSR count). The minimum atomic E-state index is -0.0173. The van der Waals surface area contributed by atoms with Crippen LogP contribution >= 0.6 is 15.9 Å². The Morgan fingerprint density at radius 2 is 1.94 bits per heavy atom. The van der Waals surface area contributed by atoms with E-state index in [4.69, 9.17) is 0 Å². The Bertz CT molecular complexity index is 708. The van der Waals surface area contributed by atoms with Gasteiger partial charge < -0.3 is 5.11 Å². The summed E-state index contributed by atoms with van der Waals surface area (Å²) in [7, 11) is 0. The van der Waals surface area contributed by atoms with E-state index in [1.807, 2.05) is 30.5 Å². The van der Waals surface area contributed by atoms with Crippen molar-refractivity contribution in [1.29, 1.82) is 0 Å². The fourth-order valence-corrected chi connectivity index (χ4v) is 2.25. The van der Waals surface area contributed by atoms with Gasteiger partial charge in [0, 0.05) is 23.3 Å². The molecule has 5 heteroatoms. The molecule has 0 fully saturated rings. The number of nitrogens with zero attached hydrogens (tertiary/aromatic N) is 3. The van der Waals surface area contributed by atoms with Gasteiger partial charge in [-0.15, -0.1) is 0 Å². The number of pyridine rings is 1. The summed E-state index contributed by atoms with van der Waals surface area (Å²) in [5.41, 5.74) is 0.820. The first kappa shape index (κ1) is 11.4. The summed E-state index contributed by atoms with van der Waals surface area (Å²) in [4.78, 5) is 4.38. The number of aliphatic hydroxyl groups excluding tert-OH is 1. The van der Waals surface area contributed by atoms with Crippen molar-refractivity contribution in [2.45, 2.75) is 6.61 Å². The second-order valence-corrected chi connectivity index (χ2v) is 4.83. The molecule has 2 heterocycles. The van der Waals surface area contributed by atoms with Crippen LogP contribution in [-0.4, -0.2) is 19.9 Å². The number of fused-ring (bicyclic) bond motifs is 1. The smallest absolute Gasteiger partial charge is 0.161 e. The first-order valence-corrected chi connectivity index (χ1v) is 6.27. The van der Waals surface area contributed by atoms with Gasteiger partial charge in [0.1, 0.15) is 0 Å². The largest absolute Gasteiger partial charge is 0.392 e. The average molecular weight is 304 g/mol. The van der Waals surface area contributed by atoms with Crippen LogP contribution in [0.3, 0.4) is 0 Å². The zero-order valence-electron chi connectivity index (χ0n) is 9.42. The van der Waals surface area contributed by atoms with Crippen LogP contribution in [0.5, 0.6) is 0 Å². The number of hydrogen-bond donors (Lipinski definition) is 1. The minimum Gasteiger partial charge on any atom is -0.392 e. The molecule has 90 valence electrons. The van der Waals surface area contributed by atoms with E-state index in [0.29, 0.717) is 0 Å². The van der Waals surface area contributed by atoms with Crippen molar-refractivity contribution in [2.24, 2.45) is 0 Å². The lowest BCUT2D eigenvalue weighted by Gasteiger charge is -2.08. The van der Waals surface area contributed by atoms with Crippen molar-refractivity contribution in [3.63, 3.8) is 0 Å². The van der Waals surface area contributed by atoms with Crippen LogP contribution in [0.15, 0.2) is 47.3 Å². The quantitative estimate of drug-likeness (QED) is 0.792. The Morgan fingerprint density at radius 1 is 1.17 bits per heavy atom. The van der Waals surface area contributed by atoms with E-state index in [1.165, 1.54) is 0 Å². The zero-order valence-corrected chi connectivity index (χ0v) is 11.0. The van der Waals surface area contributed by atoms with Gasteiger partial charge in [-0.1, -0.05) is 24.3 Å². The SMILES string of the molecule is OCc1cnc(-n2cc(Br)cn2)c2ccccc12. The average Bonchev–Trinajstić information content (AvgIpc) is 2.84. The van der Waals surface area contributed by atoms with Crippen LogP contribution in [-0.2, 0) is 6.61 Å². The number of aliphatic hydroxyl groups is 1. The van der Waals surface area contributed by atoms with Gasteiger partial charge in [0.25, 0.3) is 0 Å². The lowest BCUT2D eigenvalue weighted by molar-refractivity contribution is 0.283. The highest BCUT2D eigenvalue weighted by Crippen LogP contribution is 2.24. The Balaban J connectivity index is 2.31. The lowest BCUT2D eigenvalue weighted by atomic mass is 10.1. The number of rotatable bonds is 2. The molecule has 3 aromatic rings. The third-order valence-electron chi connectivity index (χ3n) is 2.80. The first-order chi connectivity index (χ1) is 8.79. The van der Waals surface area contributed by atoms with Crippen molar-refractivity contribution < 1.29 is 5.11 Å². The number of hydrogen-bond acceptors (Lipinski definition) is 3. The molecule has 0 spiro atoms. The van der Waals surface area contributed by atoms with Crippen LogP contribution < -0.4 is 0 Å². The minimum absolute atomic E-state index is 0.0173. The number of halogens is 1. The molecule has 0 amide bonds. The van der Waals surface area contributed by atoms with E-state index in [2.05, 4.69) is 26.0 Å². The van der Waals surface area contributed by atoms with Gasteiger partial charge in [-0.25, -0.2) is 9.67 Å². The third-order valence-corrected chi connectivity index (χ3v) is 3.20. The monoisotopic (exact) mass is 303 g/mol. The summed E-state index contributed by atoms with van der Waals surface area (Å²) in [5.74, 6) is 0.758. The molecule has 0 saturated heterocycles. The van der Waals surface area contributed by atoms with Crippen LogP contribution in [0.1, 0.15) is 5.56 Å². The van der Waals surface area contributed by atoms with Gasteiger partial charge in [0.05, 0.1) is 17.3 Å². The molecule has 0 aliphatic rings. The topological polar surface area (TPSA) is 50.9 Å². The lowest BCUT2D eigenvalue weighted by Crippen LogP contribution is -2.01. The molecule has 0 aliphatic carbocycles. The van der Waals surface area contributed by atoms with Crippen LogP contribution in [0.2, 0.25) is 0 Å². The third kappa shape index (κ3) is 1.81. The molecule has 0 saturated carbocycles. The predicted molar refractivity (Wildman–Crippen MR) is 72.5 cm³/mol. The first-order valence-electron chi connectivity index (χ1n) is 5.47. The van der Waals surface area contributed by atoms with Crippen molar-refractivity contribution >= 4 is 26.7 Å². The summed E-state index contributed by atoms with van der Waals surface area (Å²) in [6.45, 7) is -0.0173. The normalized spacial score (nSPS) is 11.0. The summed E-state index contributed by atoms with van der Waals surface area (Å²) in [6, 6.07) is 7.86. The van der Waals surface area contributed by atoms with Gasteiger partial charge >= 0.3 is 0 Å². The molecule has 1 N–H and O–H groups in total. The number of aromatic nitrogens is 3. The second-order valence-electron chi connectivity index (χ2n) is 3.91. The van der Waals surface area contributed by atoms with Crippen molar-refractivity contribution in [3.8, 4) is 5.82 Å².